The lowest BCUT2D eigenvalue weighted by molar-refractivity contribution is 0.0518. The lowest BCUT2D eigenvalue weighted by atomic mass is 9.72. The molecule has 1 rings (SSSR count). The van der Waals surface area contributed by atoms with Crippen molar-refractivity contribution >= 4 is 0 Å². The summed E-state index contributed by atoms with van der Waals surface area (Å²) in [5.41, 5.74) is 0.504. The average Bonchev–Trinajstić information content (AvgIpc) is 2.25. The van der Waals surface area contributed by atoms with Crippen LogP contribution in [0.25, 0.3) is 0 Å². The van der Waals surface area contributed by atoms with Crippen LogP contribution in [0.1, 0.15) is 60.8 Å². The van der Waals surface area contributed by atoms with E-state index in [4.69, 9.17) is 0 Å². The first-order valence-electron chi connectivity index (χ1n) is 8.16. The minimum absolute atomic E-state index is 0.504. The quantitative estimate of drug-likeness (QED) is 0.789. The van der Waals surface area contributed by atoms with Gasteiger partial charge in [0.15, 0.2) is 0 Å². The number of hydrogen-bond acceptors (Lipinski definition) is 2. The molecule has 0 bridgehead atoms. The molecule has 0 saturated heterocycles. The Morgan fingerprint density at radius 2 is 1.63 bits per heavy atom. The zero-order valence-corrected chi connectivity index (χ0v) is 14.3. The van der Waals surface area contributed by atoms with Gasteiger partial charge in [0.1, 0.15) is 0 Å². The maximum absolute atomic E-state index is 3.58. The second kappa shape index (κ2) is 7.08. The normalized spacial score (nSPS) is 27.5. The van der Waals surface area contributed by atoms with Gasteiger partial charge in [0.05, 0.1) is 0 Å². The summed E-state index contributed by atoms with van der Waals surface area (Å²) in [5.74, 6) is 1.50. The molecule has 1 aliphatic carbocycles. The fourth-order valence-corrected chi connectivity index (χ4v) is 3.55. The Hall–Kier alpha value is -0.0800. The summed E-state index contributed by atoms with van der Waals surface area (Å²) < 4.78 is 0. The van der Waals surface area contributed by atoms with Crippen LogP contribution in [0.5, 0.6) is 0 Å². The van der Waals surface area contributed by atoms with E-state index in [9.17, 15) is 0 Å². The topological polar surface area (TPSA) is 15.3 Å². The minimum Gasteiger partial charge on any atom is -0.315 e. The van der Waals surface area contributed by atoms with Gasteiger partial charge in [-0.05, 0) is 43.6 Å². The van der Waals surface area contributed by atoms with Crippen molar-refractivity contribution in [1.82, 2.24) is 10.2 Å². The molecule has 2 nitrogen and oxygen atoms in total. The Balaban J connectivity index is 2.81. The van der Waals surface area contributed by atoms with Crippen molar-refractivity contribution in [2.75, 3.05) is 20.1 Å². The SMILES string of the molecule is CNC1CCC(C)(C)CC1N(CC(C)C)CC(C)C. The maximum Gasteiger partial charge on any atom is 0.0254 e. The molecule has 0 aromatic carbocycles. The highest BCUT2D eigenvalue weighted by Gasteiger charge is 2.37. The molecule has 0 spiro atoms. The van der Waals surface area contributed by atoms with Gasteiger partial charge in [-0.25, -0.2) is 0 Å². The fraction of sp³-hybridized carbons (Fsp3) is 1.00. The van der Waals surface area contributed by atoms with Gasteiger partial charge < -0.3 is 5.32 Å². The third-order valence-corrected chi connectivity index (χ3v) is 4.40. The van der Waals surface area contributed by atoms with E-state index in [-0.39, 0.29) is 0 Å². The molecule has 0 aromatic heterocycles. The molecule has 2 unspecified atom stereocenters. The van der Waals surface area contributed by atoms with Gasteiger partial charge in [-0.3, -0.25) is 4.90 Å². The zero-order chi connectivity index (χ0) is 14.6. The van der Waals surface area contributed by atoms with Gasteiger partial charge in [0.2, 0.25) is 0 Å². The van der Waals surface area contributed by atoms with Crippen LogP contribution in [-0.4, -0.2) is 37.1 Å². The highest BCUT2D eigenvalue weighted by molar-refractivity contribution is 4.94. The first-order chi connectivity index (χ1) is 8.75. The van der Waals surface area contributed by atoms with Crippen molar-refractivity contribution in [3.05, 3.63) is 0 Å². The van der Waals surface area contributed by atoms with E-state index < -0.39 is 0 Å². The predicted molar refractivity (Wildman–Crippen MR) is 85.5 cm³/mol. The molecule has 2 atom stereocenters. The summed E-state index contributed by atoms with van der Waals surface area (Å²) >= 11 is 0. The molecule has 1 N–H and O–H groups in total. The van der Waals surface area contributed by atoms with Crippen LogP contribution in [0.2, 0.25) is 0 Å². The highest BCUT2D eigenvalue weighted by atomic mass is 15.2. The standard InChI is InChI=1S/C17H36N2/c1-13(2)11-19(12-14(3)4)16-10-17(5,6)9-8-15(16)18-7/h13-16,18H,8-12H2,1-7H3. The predicted octanol–water partition coefficient (Wildman–Crippen LogP) is 3.77. The summed E-state index contributed by atoms with van der Waals surface area (Å²) in [7, 11) is 2.14. The second-order valence-electron chi connectivity index (χ2n) is 8.11. The molecule has 0 amide bonds. The van der Waals surface area contributed by atoms with E-state index >= 15 is 0 Å². The van der Waals surface area contributed by atoms with Crippen molar-refractivity contribution in [3.8, 4) is 0 Å². The summed E-state index contributed by atoms with van der Waals surface area (Å²) in [6.45, 7) is 16.7. The van der Waals surface area contributed by atoms with Crippen molar-refractivity contribution in [3.63, 3.8) is 0 Å². The largest absolute Gasteiger partial charge is 0.315 e. The molecule has 1 saturated carbocycles. The number of nitrogens with zero attached hydrogens (tertiary/aromatic N) is 1. The van der Waals surface area contributed by atoms with E-state index in [0.717, 1.165) is 11.8 Å². The van der Waals surface area contributed by atoms with Crippen LogP contribution in [0.15, 0.2) is 0 Å². The number of rotatable bonds is 6. The molecule has 19 heavy (non-hydrogen) atoms. The van der Waals surface area contributed by atoms with Gasteiger partial charge in [-0.2, -0.15) is 0 Å². The zero-order valence-electron chi connectivity index (χ0n) is 14.3. The maximum atomic E-state index is 3.58. The molecule has 1 fully saturated rings. The van der Waals surface area contributed by atoms with Crippen molar-refractivity contribution in [2.45, 2.75) is 72.9 Å². The molecule has 2 heteroatoms. The summed E-state index contributed by atoms with van der Waals surface area (Å²) in [6, 6.07) is 1.38. The fourth-order valence-electron chi connectivity index (χ4n) is 3.55. The molecule has 0 aliphatic heterocycles. The molecular formula is C17H36N2. The van der Waals surface area contributed by atoms with Crippen LogP contribution in [0.4, 0.5) is 0 Å². The summed E-state index contributed by atoms with van der Waals surface area (Å²) in [4.78, 5) is 2.76. The Morgan fingerprint density at radius 1 is 1.11 bits per heavy atom. The molecule has 0 aromatic rings. The van der Waals surface area contributed by atoms with Gasteiger partial charge in [0.25, 0.3) is 0 Å². The average molecular weight is 268 g/mol. The highest BCUT2D eigenvalue weighted by Crippen LogP contribution is 2.37. The van der Waals surface area contributed by atoms with E-state index in [2.05, 4.69) is 58.8 Å². The van der Waals surface area contributed by atoms with Crippen LogP contribution in [0, 0.1) is 17.3 Å². The monoisotopic (exact) mass is 268 g/mol. The van der Waals surface area contributed by atoms with E-state index in [1.54, 1.807) is 0 Å². The van der Waals surface area contributed by atoms with E-state index in [1.807, 2.05) is 0 Å². The summed E-state index contributed by atoms with van der Waals surface area (Å²) in [5, 5.41) is 3.58. The molecule has 1 aliphatic rings. The van der Waals surface area contributed by atoms with Crippen molar-refractivity contribution in [2.24, 2.45) is 17.3 Å². The van der Waals surface area contributed by atoms with Gasteiger partial charge >= 0.3 is 0 Å². The first-order valence-corrected chi connectivity index (χ1v) is 8.16. The Labute approximate surface area is 121 Å². The van der Waals surface area contributed by atoms with Crippen LogP contribution in [-0.2, 0) is 0 Å². The van der Waals surface area contributed by atoms with Crippen LogP contribution >= 0.6 is 0 Å². The van der Waals surface area contributed by atoms with Crippen molar-refractivity contribution in [1.29, 1.82) is 0 Å². The molecule has 0 heterocycles. The van der Waals surface area contributed by atoms with E-state index in [0.29, 0.717) is 17.5 Å². The van der Waals surface area contributed by atoms with Gasteiger partial charge in [-0.15, -0.1) is 0 Å². The third-order valence-electron chi connectivity index (χ3n) is 4.40. The Kier molecular flexibility index (Phi) is 6.32. The van der Waals surface area contributed by atoms with Gasteiger partial charge in [0, 0.05) is 25.2 Å². The Bertz CT molecular complexity index is 248. The second-order valence-corrected chi connectivity index (χ2v) is 8.11. The number of hydrogen-bond donors (Lipinski definition) is 1. The van der Waals surface area contributed by atoms with Crippen molar-refractivity contribution < 1.29 is 0 Å². The first kappa shape index (κ1) is 17.0. The molecule has 0 radical (unpaired) electrons. The third kappa shape index (κ3) is 5.43. The van der Waals surface area contributed by atoms with E-state index in [1.165, 1.54) is 32.4 Å². The molecular weight excluding hydrogens is 232 g/mol. The van der Waals surface area contributed by atoms with Crippen LogP contribution in [0.3, 0.4) is 0 Å². The van der Waals surface area contributed by atoms with Gasteiger partial charge in [-0.1, -0.05) is 41.5 Å². The number of nitrogens with one attached hydrogen (secondary N) is 1. The molecule has 114 valence electrons. The Morgan fingerprint density at radius 3 is 2.05 bits per heavy atom. The lowest BCUT2D eigenvalue weighted by Gasteiger charge is -2.47. The smallest absolute Gasteiger partial charge is 0.0254 e. The minimum atomic E-state index is 0.504. The lowest BCUT2D eigenvalue weighted by Crippen LogP contribution is -2.55. The van der Waals surface area contributed by atoms with Crippen LogP contribution < -0.4 is 5.32 Å². The number of likely N-dealkylation sites (N-methyl/N-ethyl adjacent to an activating group) is 1. The summed E-state index contributed by atoms with van der Waals surface area (Å²) in [6.07, 6.45) is 4.00.